The minimum Gasteiger partial charge on any atom is -0.486 e. The molecular formula is C15H11BrCl2O2. The Balaban J connectivity index is 1.95. The molecule has 1 unspecified atom stereocenters. The molecular weight excluding hydrogens is 363 g/mol. The van der Waals surface area contributed by atoms with E-state index in [0.29, 0.717) is 18.2 Å². The lowest BCUT2D eigenvalue weighted by Gasteiger charge is -2.20. The minimum atomic E-state index is -0.291. The van der Waals surface area contributed by atoms with Crippen LogP contribution in [0.3, 0.4) is 0 Å². The Hall–Kier alpha value is -0.900. The van der Waals surface area contributed by atoms with Crippen molar-refractivity contribution in [3.05, 3.63) is 57.0 Å². The van der Waals surface area contributed by atoms with Crippen molar-refractivity contribution in [1.82, 2.24) is 0 Å². The van der Waals surface area contributed by atoms with Crippen molar-refractivity contribution in [1.29, 1.82) is 0 Å². The zero-order valence-corrected chi connectivity index (χ0v) is 13.5. The summed E-state index contributed by atoms with van der Waals surface area (Å²) in [6, 6.07) is 11.4. The fraction of sp³-hybridized carbons (Fsp3) is 0.200. The minimum absolute atomic E-state index is 0.291. The molecule has 0 saturated heterocycles. The number of benzene rings is 2. The van der Waals surface area contributed by atoms with Gasteiger partial charge in [-0.15, -0.1) is 11.6 Å². The highest BCUT2D eigenvalue weighted by Gasteiger charge is 2.17. The summed E-state index contributed by atoms with van der Waals surface area (Å²) < 4.78 is 12.0. The summed E-state index contributed by atoms with van der Waals surface area (Å²) in [5, 5.41) is 0.360. The van der Waals surface area contributed by atoms with Crippen LogP contribution in [-0.2, 0) is 0 Å². The van der Waals surface area contributed by atoms with Crippen LogP contribution in [0.2, 0.25) is 5.02 Å². The van der Waals surface area contributed by atoms with Gasteiger partial charge in [-0.25, -0.2) is 0 Å². The van der Waals surface area contributed by atoms with E-state index in [2.05, 4.69) is 15.9 Å². The zero-order valence-electron chi connectivity index (χ0n) is 10.4. The maximum Gasteiger partial charge on any atom is 0.161 e. The third-order valence-electron chi connectivity index (χ3n) is 3.04. The predicted octanol–water partition coefficient (Wildman–Crippen LogP) is 5.20. The first-order valence-electron chi connectivity index (χ1n) is 6.13. The standard InChI is InChI=1S/C15H11BrCl2O2/c16-11-5-10(6-12(17)8-11)15(18)9-1-2-13-14(7-9)20-4-3-19-13/h1-2,5-8,15H,3-4H2. The van der Waals surface area contributed by atoms with Crippen LogP contribution in [0.15, 0.2) is 40.9 Å². The number of alkyl halides is 1. The van der Waals surface area contributed by atoms with Crippen LogP contribution in [0.25, 0.3) is 0 Å². The van der Waals surface area contributed by atoms with Crippen LogP contribution in [0.5, 0.6) is 11.5 Å². The average Bonchev–Trinajstić information content (AvgIpc) is 2.45. The summed E-state index contributed by atoms with van der Waals surface area (Å²) >= 11 is 16.0. The van der Waals surface area contributed by atoms with Crippen molar-refractivity contribution in [2.45, 2.75) is 5.38 Å². The van der Waals surface area contributed by atoms with Crippen molar-refractivity contribution in [2.24, 2.45) is 0 Å². The van der Waals surface area contributed by atoms with Gasteiger partial charge >= 0.3 is 0 Å². The average molecular weight is 374 g/mol. The maximum atomic E-state index is 6.54. The van der Waals surface area contributed by atoms with Crippen LogP contribution in [-0.4, -0.2) is 13.2 Å². The molecule has 1 aliphatic rings. The Labute approximate surface area is 135 Å². The summed E-state index contributed by atoms with van der Waals surface area (Å²) in [6.07, 6.45) is 0. The highest BCUT2D eigenvalue weighted by atomic mass is 79.9. The fourth-order valence-electron chi connectivity index (χ4n) is 2.13. The molecule has 0 aliphatic carbocycles. The molecule has 1 aliphatic heterocycles. The number of ether oxygens (including phenoxy) is 2. The Morgan fingerprint density at radius 2 is 1.70 bits per heavy atom. The molecule has 0 radical (unpaired) electrons. The Kier molecular flexibility index (Phi) is 4.11. The van der Waals surface area contributed by atoms with Crippen LogP contribution in [0, 0.1) is 0 Å². The van der Waals surface area contributed by atoms with Gasteiger partial charge in [0.25, 0.3) is 0 Å². The van der Waals surface area contributed by atoms with Gasteiger partial charge in [0.15, 0.2) is 11.5 Å². The highest BCUT2D eigenvalue weighted by Crippen LogP contribution is 2.38. The molecule has 0 bridgehead atoms. The molecule has 0 spiro atoms. The highest BCUT2D eigenvalue weighted by molar-refractivity contribution is 9.10. The Morgan fingerprint density at radius 1 is 0.950 bits per heavy atom. The second-order valence-electron chi connectivity index (χ2n) is 4.47. The first-order chi connectivity index (χ1) is 9.63. The predicted molar refractivity (Wildman–Crippen MR) is 84.3 cm³/mol. The van der Waals surface area contributed by atoms with Crippen LogP contribution in [0.1, 0.15) is 16.5 Å². The number of fused-ring (bicyclic) bond motifs is 1. The third kappa shape index (κ3) is 2.90. The van der Waals surface area contributed by atoms with E-state index < -0.39 is 0 Å². The molecule has 0 N–H and O–H groups in total. The second-order valence-corrected chi connectivity index (χ2v) is 6.26. The molecule has 2 aromatic rings. The topological polar surface area (TPSA) is 18.5 Å². The molecule has 0 saturated carbocycles. The SMILES string of the molecule is Clc1cc(Br)cc(C(Cl)c2ccc3c(c2)OCCO3)c1. The van der Waals surface area contributed by atoms with E-state index in [0.717, 1.165) is 27.1 Å². The molecule has 1 heterocycles. The van der Waals surface area contributed by atoms with Crippen molar-refractivity contribution in [3.8, 4) is 11.5 Å². The van der Waals surface area contributed by atoms with Gasteiger partial charge in [-0.05, 0) is 41.5 Å². The largest absolute Gasteiger partial charge is 0.486 e. The van der Waals surface area contributed by atoms with E-state index >= 15 is 0 Å². The molecule has 0 amide bonds. The van der Waals surface area contributed by atoms with Gasteiger partial charge in [-0.3, -0.25) is 0 Å². The van der Waals surface area contributed by atoms with E-state index in [-0.39, 0.29) is 5.38 Å². The van der Waals surface area contributed by atoms with Crippen molar-refractivity contribution in [2.75, 3.05) is 13.2 Å². The van der Waals surface area contributed by atoms with Gasteiger partial charge in [0.1, 0.15) is 13.2 Å². The summed E-state index contributed by atoms with van der Waals surface area (Å²) in [6.45, 7) is 1.14. The summed E-state index contributed by atoms with van der Waals surface area (Å²) in [5.74, 6) is 1.50. The zero-order chi connectivity index (χ0) is 14.1. The van der Waals surface area contributed by atoms with E-state index in [1.54, 1.807) is 0 Å². The third-order valence-corrected chi connectivity index (χ3v) is 4.22. The lowest BCUT2D eigenvalue weighted by Crippen LogP contribution is -2.15. The molecule has 2 aromatic carbocycles. The first kappa shape index (κ1) is 14.1. The van der Waals surface area contributed by atoms with Gasteiger partial charge in [-0.2, -0.15) is 0 Å². The number of hydrogen-bond donors (Lipinski definition) is 0. The Bertz CT molecular complexity index is 626. The lowest BCUT2D eigenvalue weighted by atomic mass is 10.0. The monoisotopic (exact) mass is 372 g/mol. The smallest absolute Gasteiger partial charge is 0.161 e. The molecule has 0 aromatic heterocycles. The normalized spacial score (nSPS) is 14.9. The van der Waals surface area contributed by atoms with E-state index in [9.17, 15) is 0 Å². The number of halogens is 3. The van der Waals surface area contributed by atoms with Crippen molar-refractivity contribution >= 4 is 39.1 Å². The molecule has 20 heavy (non-hydrogen) atoms. The molecule has 0 fully saturated rings. The first-order valence-corrected chi connectivity index (χ1v) is 7.74. The number of rotatable bonds is 2. The van der Waals surface area contributed by atoms with Crippen LogP contribution >= 0.6 is 39.1 Å². The summed E-state index contributed by atoms with van der Waals surface area (Å²) in [7, 11) is 0. The van der Waals surface area contributed by atoms with E-state index in [1.165, 1.54) is 0 Å². The molecule has 104 valence electrons. The molecule has 2 nitrogen and oxygen atoms in total. The molecule has 5 heteroatoms. The second kappa shape index (κ2) is 5.84. The van der Waals surface area contributed by atoms with Crippen LogP contribution < -0.4 is 9.47 Å². The van der Waals surface area contributed by atoms with Crippen molar-refractivity contribution < 1.29 is 9.47 Å². The summed E-state index contributed by atoms with van der Waals surface area (Å²) in [5.41, 5.74) is 1.88. The van der Waals surface area contributed by atoms with E-state index in [1.807, 2.05) is 36.4 Å². The fourth-order valence-corrected chi connectivity index (χ4v) is 3.28. The van der Waals surface area contributed by atoms with Gasteiger partial charge in [0, 0.05) is 9.50 Å². The lowest BCUT2D eigenvalue weighted by molar-refractivity contribution is 0.171. The Morgan fingerprint density at radius 3 is 2.45 bits per heavy atom. The van der Waals surface area contributed by atoms with Gasteiger partial charge in [0.2, 0.25) is 0 Å². The van der Waals surface area contributed by atoms with Crippen molar-refractivity contribution in [3.63, 3.8) is 0 Å². The summed E-state index contributed by atoms with van der Waals surface area (Å²) in [4.78, 5) is 0. The van der Waals surface area contributed by atoms with Gasteiger partial charge < -0.3 is 9.47 Å². The van der Waals surface area contributed by atoms with E-state index in [4.69, 9.17) is 32.7 Å². The quantitative estimate of drug-likeness (QED) is 0.673. The maximum absolute atomic E-state index is 6.54. The molecule has 1 atom stereocenters. The van der Waals surface area contributed by atoms with Crippen LogP contribution in [0.4, 0.5) is 0 Å². The van der Waals surface area contributed by atoms with Gasteiger partial charge in [0.05, 0.1) is 5.38 Å². The number of hydrogen-bond acceptors (Lipinski definition) is 2. The molecule has 3 rings (SSSR count). The van der Waals surface area contributed by atoms with Gasteiger partial charge in [-0.1, -0.05) is 33.6 Å².